The number of carbonyl (C=O) groups excluding carboxylic acids is 2. The van der Waals surface area contributed by atoms with Crippen LogP contribution in [0.4, 0.5) is 5.69 Å². The Morgan fingerprint density at radius 3 is 2.60 bits per heavy atom. The third-order valence-electron chi connectivity index (χ3n) is 9.09. The summed E-state index contributed by atoms with van der Waals surface area (Å²) in [5.41, 5.74) is -2.10. The molecule has 0 spiro atoms. The number of nitro groups is 1. The molecule has 13 nitrogen and oxygen atoms in total. The average molecular weight is 608 g/mol. The predicted molar refractivity (Wildman–Crippen MR) is 151 cm³/mol. The molecular formula is C29H29N5O8S. The minimum Gasteiger partial charge on any atom is -0.454 e. The topological polar surface area (TPSA) is 184 Å². The number of nitrogens with one attached hydrogen (secondary N) is 3. The molecule has 1 aromatic heterocycles. The van der Waals surface area contributed by atoms with E-state index in [4.69, 9.17) is 4.74 Å². The molecule has 4 N–H and O–H groups in total. The van der Waals surface area contributed by atoms with Crippen LogP contribution in [-0.4, -0.2) is 65.6 Å². The standard InChI is InChI=1S/C29H29N5O8S/c1-15-12-19(15)17-6-7-20-22(14-17)42-29(37)24-18(4-3-5-21(24)34(38)39)26(35)28(20,29)32-27(36)25-16(2)13-23(31-25)43(40,41)33-10-8-30-9-11-33/h3-7,13-15,19,30-31,37H,8-12H2,1-2H3,(H,32,36)/t15-,19-,28?,29?/m1/s1. The van der Waals surface area contributed by atoms with Gasteiger partial charge in [-0.25, -0.2) is 8.42 Å². The fraction of sp³-hybridized carbons (Fsp3) is 0.379. The van der Waals surface area contributed by atoms with Crippen molar-refractivity contribution in [3.05, 3.63) is 86.1 Å². The van der Waals surface area contributed by atoms with Crippen molar-refractivity contribution < 1.29 is 32.8 Å². The van der Waals surface area contributed by atoms with Crippen molar-refractivity contribution in [2.75, 3.05) is 26.2 Å². The smallest absolute Gasteiger partial charge is 0.280 e. The Hall–Kier alpha value is -4.11. The number of piperazine rings is 1. The number of amides is 1. The van der Waals surface area contributed by atoms with Crippen LogP contribution >= 0.6 is 0 Å². The van der Waals surface area contributed by atoms with Crippen LogP contribution in [-0.2, 0) is 21.3 Å². The van der Waals surface area contributed by atoms with E-state index in [9.17, 15) is 33.2 Å². The quantitative estimate of drug-likeness (QED) is 0.240. The zero-order valence-corrected chi connectivity index (χ0v) is 24.2. The number of Topliss-reactive ketones (excluding diaryl/α,β-unsaturated/α-hetero) is 1. The number of aromatic amines is 1. The van der Waals surface area contributed by atoms with Gasteiger partial charge >= 0.3 is 0 Å². The van der Waals surface area contributed by atoms with Gasteiger partial charge in [-0.1, -0.05) is 31.2 Å². The number of aromatic nitrogens is 1. The van der Waals surface area contributed by atoms with E-state index < -0.39 is 43.7 Å². The maximum atomic E-state index is 14.3. The number of aryl methyl sites for hydroxylation is 1. The Balaban J connectivity index is 1.34. The maximum absolute atomic E-state index is 14.3. The highest BCUT2D eigenvalue weighted by molar-refractivity contribution is 7.89. The number of hydrogen-bond donors (Lipinski definition) is 4. The second-order valence-electron chi connectivity index (χ2n) is 11.7. The molecule has 2 unspecified atom stereocenters. The first-order valence-corrected chi connectivity index (χ1v) is 15.5. The summed E-state index contributed by atoms with van der Waals surface area (Å²) in [5, 5.41) is 29.8. The van der Waals surface area contributed by atoms with Crippen LogP contribution in [0.1, 0.15) is 62.4 Å². The molecule has 4 atom stereocenters. The van der Waals surface area contributed by atoms with E-state index in [0.717, 1.165) is 18.1 Å². The van der Waals surface area contributed by atoms with Gasteiger partial charge in [0.15, 0.2) is 0 Å². The van der Waals surface area contributed by atoms with E-state index >= 15 is 0 Å². The van der Waals surface area contributed by atoms with E-state index in [1.807, 2.05) is 0 Å². The van der Waals surface area contributed by atoms with Crippen molar-refractivity contribution in [1.29, 1.82) is 0 Å². The van der Waals surface area contributed by atoms with Gasteiger partial charge in [0, 0.05) is 43.4 Å². The molecule has 224 valence electrons. The van der Waals surface area contributed by atoms with Crippen molar-refractivity contribution in [3.8, 4) is 5.75 Å². The summed E-state index contributed by atoms with van der Waals surface area (Å²) in [6, 6.07) is 10.3. The van der Waals surface area contributed by atoms with E-state index in [0.29, 0.717) is 19.0 Å². The van der Waals surface area contributed by atoms with Gasteiger partial charge in [0.05, 0.1) is 4.92 Å². The lowest BCUT2D eigenvalue weighted by molar-refractivity contribution is -0.388. The second-order valence-corrected chi connectivity index (χ2v) is 13.6. The number of carbonyl (C=O) groups is 2. The van der Waals surface area contributed by atoms with Gasteiger partial charge < -0.3 is 25.5 Å². The van der Waals surface area contributed by atoms with Crippen molar-refractivity contribution >= 4 is 27.4 Å². The van der Waals surface area contributed by atoms with Crippen LogP contribution < -0.4 is 15.4 Å². The average Bonchev–Trinajstić information content (AvgIpc) is 3.42. The van der Waals surface area contributed by atoms with Gasteiger partial charge in [-0.15, -0.1) is 0 Å². The summed E-state index contributed by atoms with van der Waals surface area (Å²) in [5.74, 6) is -3.48. The van der Waals surface area contributed by atoms with E-state index in [1.54, 1.807) is 25.1 Å². The number of H-pyrrole nitrogens is 1. The zero-order chi connectivity index (χ0) is 30.5. The molecule has 7 rings (SSSR count). The summed E-state index contributed by atoms with van der Waals surface area (Å²) >= 11 is 0. The van der Waals surface area contributed by atoms with Crippen molar-refractivity contribution in [1.82, 2.24) is 19.9 Å². The van der Waals surface area contributed by atoms with Crippen LogP contribution in [0.15, 0.2) is 47.5 Å². The molecule has 2 aromatic carbocycles. The van der Waals surface area contributed by atoms with Crippen LogP contribution in [0.25, 0.3) is 0 Å². The first-order chi connectivity index (χ1) is 20.4. The van der Waals surface area contributed by atoms with Crippen molar-refractivity contribution in [3.63, 3.8) is 0 Å². The number of hydrogen-bond acceptors (Lipinski definition) is 9. The molecule has 4 aliphatic rings. The number of fused-ring (bicyclic) bond motifs is 5. The van der Waals surface area contributed by atoms with E-state index in [1.165, 1.54) is 22.5 Å². The fourth-order valence-corrected chi connectivity index (χ4v) is 8.19. The van der Waals surface area contributed by atoms with E-state index in [-0.39, 0.29) is 57.7 Å². The van der Waals surface area contributed by atoms with Crippen molar-refractivity contribution in [2.45, 2.75) is 42.5 Å². The molecule has 14 heteroatoms. The lowest BCUT2D eigenvalue weighted by Gasteiger charge is -2.34. The van der Waals surface area contributed by atoms with Gasteiger partial charge in [-0.05, 0) is 48.4 Å². The maximum Gasteiger partial charge on any atom is 0.280 e. The lowest BCUT2D eigenvalue weighted by Crippen LogP contribution is -2.60. The van der Waals surface area contributed by atoms with Crippen molar-refractivity contribution in [2.24, 2.45) is 5.92 Å². The molecule has 43 heavy (non-hydrogen) atoms. The number of ether oxygens (including phenoxy) is 1. The number of rotatable bonds is 6. The van der Waals surface area contributed by atoms with Gasteiger partial charge in [0.25, 0.3) is 27.4 Å². The molecule has 2 fully saturated rings. The Morgan fingerprint density at radius 1 is 1.21 bits per heavy atom. The Kier molecular flexibility index (Phi) is 5.92. The summed E-state index contributed by atoms with van der Waals surface area (Å²) in [6.45, 7) is 5.15. The summed E-state index contributed by atoms with van der Waals surface area (Å²) in [4.78, 5) is 42.2. The fourth-order valence-electron chi connectivity index (χ4n) is 6.69. The second kappa shape index (κ2) is 9.19. The molecule has 3 heterocycles. The number of aliphatic hydroxyl groups is 1. The number of nitrogens with zero attached hydrogens (tertiary/aromatic N) is 2. The van der Waals surface area contributed by atoms with Gasteiger partial charge in [0.1, 0.15) is 22.0 Å². The number of benzene rings is 2. The minimum absolute atomic E-state index is 0.127. The Labute approximate surface area is 246 Å². The molecule has 2 aliphatic heterocycles. The molecule has 1 saturated carbocycles. The molecule has 1 saturated heterocycles. The molecule has 3 aromatic rings. The monoisotopic (exact) mass is 607 g/mol. The van der Waals surface area contributed by atoms with Gasteiger partial charge in [0.2, 0.25) is 11.3 Å². The highest BCUT2D eigenvalue weighted by atomic mass is 32.2. The van der Waals surface area contributed by atoms with Crippen LogP contribution in [0, 0.1) is 23.0 Å². The largest absolute Gasteiger partial charge is 0.454 e. The molecule has 2 aliphatic carbocycles. The third kappa shape index (κ3) is 3.76. The normalized spacial score (nSPS) is 27.7. The highest BCUT2D eigenvalue weighted by Crippen LogP contribution is 2.61. The highest BCUT2D eigenvalue weighted by Gasteiger charge is 2.73. The van der Waals surface area contributed by atoms with Crippen LogP contribution in [0.2, 0.25) is 0 Å². The molecule has 0 bridgehead atoms. The van der Waals surface area contributed by atoms with Crippen LogP contribution in [0.5, 0.6) is 5.75 Å². The molecule has 1 amide bonds. The zero-order valence-electron chi connectivity index (χ0n) is 23.3. The SMILES string of the molecule is Cc1cc(S(=O)(=O)N2CCNCC2)[nH]c1C(=O)NC12C(=O)c3cccc([N+](=O)[O-])c3C1(O)Oc1cc([C@@H]3C[C@H]3C)ccc12. The number of nitro benzene ring substituents is 1. The van der Waals surface area contributed by atoms with E-state index in [2.05, 4.69) is 22.5 Å². The number of sulfonamides is 1. The first kappa shape index (κ1) is 27.7. The summed E-state index contributed by atoms with van der Waals surface area (Å²) in [7, 11) is -3.94. The Morgan fingerprint density at radius 2 is 1.93 bits per heavy atom. The Bertz CT molecular complexity index is 1850. The predicted octanol–water partition coefficient (Wildman–Crippen LogP) is 2.01. The molecular weight excluding hydrogens is 578 g/mol. The summed E-state index contributed by atoms with van der Waals surface area (Å²) < 4.78 is 34.0. The number of ketones is 1. The lowest BCUT2D eigenvalue weighted by atomic mass is 9.82. The van der Waals surface area contributed by atoms with Crippen LogP contribution in [0.3, 0.4) is 0 Å². The minimum atomic E-state index is -3.94. The first-order valence-electron chi connectivity index (χ1n) is 14.0. The van der Waals surface area contributed by atoms with Gasteiger partial charge in [-0.3, -0.25) is 19.7 Å². The molecule has 0 radical (unpaired) electrons. The third-order valence-corrected chi connectivity index (χ3v) is 10.9. The summed E-state index contributed by atoms with van der Waals surface area (Å²) in [6.07, 6.45) is 0.962. The van der Waals surface area contributed by atoms with Gasteiger partial charge in [-0.2, -0.15) is 4.31 Å².